The molecule has 19 heavy (non-hydrogen) atoms. The Morgan fingerprint density at radius 1 is 1.37 bits per heavy atom. The third-order valence-electron chi connectivity index (χ3n) is 3.71. The number of carbonyl (C=O) groups excluding carboxylic acids is 1. The lowest BCUT2D eigenvalue weighted by atomic mass is 10.0. The van der Waals surface area contributed by atoms with Crippen LogP contribution in [0.25, 0.3) is 0 Å². The molecule has 0 saturated carbocycles. The zero-order valence-corrected chi connectivity index (χ0v) is 11.9. The van der Waals surface area contributed by atoms with Crippen LogP contribution in [0.4, 0.5) is 0 Å². The van der Waals surface area contributed by atoms with Crippen molar-refractivity contribution in [2.45, 2.75) is 45.2 Å². The molecular formula is C16H24N2O. The summed E-state index contributed by atoms with van der Waals surface area (Å²) in [6.07, 6.45) is 2.53. The SMILES string of the molecule is CCCC(=O)N1CC(C)NCC1Cc1ccccc1. The summed E-state index contributed by atoms with van der Waals surface area (Å²) in [5, 5.41) is 3.49. The highest BCUT2D eigenvalue weighted by atomic mass is 16.2. The number of benzene rings is 1. The Morgan fingerprint density at radius 3 is 2.79 bits per heavy atom. The van der Waals surface area contributed by atoms with Crippen LogP contribution in [0.15, 0.2) is 30.3 Å². The number of carbonyl (C=O) groups is 1. The summed E-state index contributed by atoms with van der Waals surface area (Å²) in [6, 6.07) is 11.1. The first-order chi connectivity index (χ1) is 9.20. The molecule has 0 spiro atoms. The molecule has 3 nitrogen and oxygen atoms in total. The summed E-state index contributed by atoms with van der Waals surface area (Å²) in [5.41, 5.74) is 1.30. The summed E-state index contributed by atoms with van der Waals surface area (Å²) >= 11 is 0. The van der Waals surface area contributed by atoms with Crippen LogP contribution in [0.3, 0.4) is 0 Å². The van der Waals surface area contributed by atoms with Crippen molar-refractivity contribution < 1.29 is 4.79 Å². The van der Waals surface area contributed by atoms with Crippen LogP contribution in [0.1, 0.15) is 32.3 Å². The molecule has 1 fully saturated rings. The maximum absolute atomic E-state index is 12.2. The minimum Gasteiger partial charge on any atom is -0.337 e. The van der Waals surface area contributed by atoms with Gasteiger partial charge in [-0.15, -0.1) is 0 Å². The standard InChI is InChI=1S/C16H24N2O/c1-3-7-16(19)18-12-13(2)17-11-15(18)10-14-8-5-4-6-9-14/h4-6,8-9,13,15,17H,3,7,10-12H2,1-2H3. The fraction of sp³-hybridized carbons (Fsp3) is 0.562. The van der Waals surface area contributed by atoms with Gasteiger partial charge in [-0.2, -0.15) is 0 Å². The summed E-state index contributed by atoms with van der Waals surface area (Å²) in [5.74, 6) is 0.303. The topological polar surface area (TPSA) is 32.3 Å². The van der Waals surface area contributed by atoms with Crippen LogP contribution < -0.4 is 5.32 Å². The van der Waals surface area contributed by atoms with E-state index in [0.29, 0.717) is 18.4 Å². The second-order valence-electron chi connectivity index (χ2n) is 5.45. The third kappa shape index (κ3) is 3.80. The number of piperazine rings is 1. The Hall–Kier alpha value is -1.35. The first kappa shape index (κ1) is 14.1. The minimum atomic E-state index is 0.289. The molecule has 2 unspecified atom stereocenters. The van der Waals surface area contributed by atoms with Gasteiger partial charge in [0.15, 0.2) is 0 Å². The monoisotopic (exact) mass is 260 g/mol. The molecule has 1 aliphatic rings. The Morgan fingerprint density at radius 2 is 2.11 bits per heavy atom. The molecule has 1 amide bonds. The van der Waals surface area contributed by atoms with Gasteiger partial charge in [0.1, 0.15) is 0 Å². The van der Waals surface area contributed by atoms with Crippen molar-refractivity contribution >= 4 is 5.91 Å². The Labute approximate surface area is 116 Å². The predicted octanol–water partition coefficient (Wildman–Crippen LogP) is 2.22. The molecule has 1 heterocycles. The lowest BCUT2D eigenvalue weighted by Gasteiger charge is -2.39. The minimum absolute atomic E-state index is 0.289. The lowest BCUT2D eigenvalue weighted by Crippen LogP contribution is -2.58. The second kappa shape index (κ2) is 6.71. The molecular weight excluding hydrogens is 236 g/mol. The number of hydrogen-bond donors (Lipinski definition) is 1. The van der Waals surface area contributed by atoms with Crippen molar-refractivity contribution in [1.82, 2.24) is 10.2 Å². The average Bonchev–Trinajstić information content (AvgIpc) is 2.42. The van der Waals surface area contributed by atoms with Gasteiger partial charge < -0.3 is 10.2 Å². The zero-order chi connectivity index (χ0) is 13.7. The largest absolute Gasteiger partial charge is 0.337 e. The van der Waals surface area contributed by atoms with Crippen LogP contribution in [-0.2, 0) is 11.2 Å². The van der Waals surface area contributed by atoms with E-state index in [1.807, 2.05) is 6.07 Å². The first-order valence-electron chi connectivity index (χ1n) is 7.27. The van der Waals surface area contributed by atoms with Crippen LogP contribution >= 0.6 is 0 Å². The quantitative estimate of drug-likeness (QED) is 0.900. The molecule has 3 heteroatoms. The first-order valence-corrected chi connectivity index (χ1v) is 7.27. The highest BCUT2D eigenvalue weighted by Gasteiger charge is 2.28. The number of amides is 1. The normalized spacial score (nSPS) is 23.4. The molecule has 1 N–H and O–H groups in total. The van der Waals surface area contributed by atoms with E-state index in [2.05, 4.69) is 48.3 Å². The summed E-state index contributed by atoms with van der Waals surface area (Å²) in [7, 11) is 0. The highest BCUT2D eigenvalue weighted by molar-refractivity contribution is 5.76. The van der Waals surface area contributed by atoms with Gasteiger partial charge in [-0.25, -0.2) is 0 Å². The van der Waals surface area contributed by atoms with Gasteiger partial charge >= 0.3 is 0 Å². The molecule has 104 valence electrons. The van der Waals surface area contributed by atoms with E-state index in [1.165, 1.54) is 5.56 Å². The fourth-order valence-electron chi connectivity index (χ4n) is 2.69. The van der Waals surface area contributed by atoms with E-state index in [0.717, 1.165) is 25.9 Å². The van der Waals surface area contributed by atoms with E-state index in [9.17, 15) is 4.79 Å². The van der Waals surface area contributed by atoms with Gasteiger partial charge in [-0.05, 0) is 25.3 Å². The Balaban J connectivity index is 2.05. The Bertz CT molecular complexity index is 404. The van der Waals surface area contributed by atoms with Crippen LogP contribution in [0, 0.1) is 0 Å². The van der Waals surface area contributed by atoms with Crippen LogP contribution in [0.5, 0.6) is 0 Å². The van der Waals surface area contributed by atoms with Crippen molar-refractivity contribution in [3.8, 4) is 0 Å². The van der Waals surface area contributed by atoms with Gasteiger partial charge in [-0.1, -0.05) is 37.3 Å². The predicted molar refractivity (Wildman–Crippen MR) is 78.0 cm³/mol. The van der Waals surface area contributed by atoms with Crippen molar-refractivity contribution in [2.24, 2.45) is 0 Å². The average molecular weight is 260 g/mol. The summed E-state index contributed by atoms with van der Waals surface area (Å²) < 4.78 is 0. The van der Waals surface area contributed by atoms with E-state index >= 15 is 0 Å². The maximum atomic E-state index is 12.2. The van der Waals surface area contributed by atoms with Gasteiger partial charge in [-0.3, -0.25) is 4.79 Å². The molecule has 2 atom stereocenters. The van der Waals surface area contributed by atoms with Crippen molar-refractivity contribution in [2.75, 3.05) is 13.1 Å². The van der Waals surface area contributed by atoms with E-state index in [1.54, 1.807) is 0 Å². The number of nitrogens with one attached hydrogen (secondary N) is 1. The number of hydrogen-bond acceptors (Lipinski definition) is 2. The molecule has 1 aliphatic heterocycles. The highest BCUT2D eigenvalue weighted by Crippen LogP contribution is 2.15. The molecule has 0 aliphatic carbocycles. The molecule has 0 radical (unpaired) electrons. The van der Waals surface area contributed by atoms with Gasteiger partial charge in [0.2, 0.25) is 5.91 Å². The lowest BCUT2D eigenvalue weighted by molar-refractivity contribution is -0.135. The smallest absolute Gasteiger partial charge is 0.222 e. The van der Waals surface area contributed by atoms with Crippen molar-refractivity contribution in [3.05, 3.63) is 35.9 Å². The summed E-state index contributed by atoms with van der Waals surface area (Å²) in [6.45, 7) is 5.93. The van der Waals surface area contributed by atoms with Crippen LogP contribution in [0.2, 0.25) is 0 Å². The van der Waals surface area contributed by atoms with Crippen molar-refractivity contribution in [3.63, 3.8) is 0 Å². The number of nitrogens with zero attached hydrogens (tertiary/aromatic N) is 1. The van der Waals surface area contributed by atoms with Crippen molar-refractivity contribution in [1.29, 1.82) is 0 Å². The molecule has 1 aromatic rings. The Kier molecular flexibility index (Phi) is 4.97. The van der Waals surface area contributed by atoms with E-state index in [-0.39, 0.29) is 6.04 Å². The molecule has 2 rings (SSSR count). The van der Waals surface area contributed by atoms with Gasteiger partial charge in [0, 0.05) is 31.6 Å². The van der Waals surface area contributed by atoms with Gasteiger partial charge in [0.25, 0.3) is 0 Å². The van der Waals surface area contributed by atoms with Gasteiger partial charge in [0.05, 0.1) is 0 Å². The maximum Gasteiger partial charge on any atom is 0.222 e. The molecule has 0 aromatic heterocycles. The van der Waals surface area contributed by atoms with E-state index in [4.69, 9.17) is 0 Å². The molecule has 0 bridgehead atoms. The fourth-order valence-corrected chi connectivity index (χ4v) is 2.69. The second-order valence-corrected chi connectivity index (χ2v) is 5.45. The zero-order valence-electron chi connectivity index (χ0n) is 11.9. The third-order valence-corrected chi connectivity index (χ3v) is 3.71. The molecule has 1 saturated heterocycles. The van der Waals surface area contributed by atoms with Crippen LogP contribution in [-0.4, -0.2) is 36.0 Å². The van der Waals surface area contributed by atoms with E-state index < -0.39 is 0 Å². The number of rotatable bonds is 4. The molecule has 1 aromatic carbocycles. The summed E-state index contributed by atoms with van der Waals surface area (Å²) in [4.78, 5) is 14.3.